The Kier molecular flexibility index (Phi) is 15.9. The fraction of sp³-hybridized carbons (Fsp3) is 0.875. The Hall–Kier alpha value is -0.100. The Morgan fingerprint density at radius 3 is 1.68 bits per heavy atom. The van der Waals surface area contributed by atoms with E-state index in [0.29, 0.717) is 6.42 Å². The van der Waals surface area contributed by atoms with E-state index in [2.05, 4.69) is 6.92 Å². The van der Waals surface area contributed by atoms with Crippen molar-refractivity contribution in [2.75, 3.05) is 0 Å². The van der Waals surface area contributed by atoms with E-state index in [1.54, 1.807) is 0 Å². The number of hydrogen-bond donors (Lipinski definition) is 3. The van der Waals surface area contributed by atoms with E-state index in [-0.39, 0.29) is 37.4 Å². The smallest absolute Gasteiger partial charge is 1.00 e. The van der Waals surface area contributed by atoms with Crippen molar-refractivity contribution in [2.24, 2.45) is 5.73 Å². The summed E-state index contributed by atoms with van der Waals surface area (Å²) < 4.78 is 0. The van der Waals surface area contributed by atoms with Crippen LogP contribution in [0.2, 0.25) is 0 Å². The van der Waals surface area contributed by atoms with E-state index in [1.165, 1.54) is 38.5 Å². The Labute approximate surface area is 157 Å². The summed E-state index contributed by atoms with van der Waals surface area (Å²) in [5.74, 6) is -2.38. The molecule has 5 nitrogen and oxygen atoms in total. The van der Waals surface area contributed by atoms with Gasteiger partial charge in [-0.2, -0.15) is 0 Å². The van der Waals surface area contributed by atoms with Gasteiger partial charge in [0.2, 0.25) is 0 Å². The molecule has 4 N–H and O–H groups in total. The van der Waals surface area contributed by atoms with Gasteiger partial charge in [0.15, 0.2) is 0 Å². The monoisotopic (exact) mass is 325 g/mol. The molecular weight excluding hydrogens is 293 g/mol. The summed E-state index contributed by atoms with van der Waals surface area (Å²) in [7, 11) is 0. The number of hydrogen-bond acceptors (Lipinski definition) is 3. The van der Waals surface area contributed by atoms with Gasteiger partial charge >= 0.3 is 41.5 Å². The van der Waals surface area contributed by atoms with Crippen LogP contribution < -0.4 is 35.3 Å². The van der Waals surface area contributed by atoms with Crippen LogP contribution in [0.1, 0.15) is 85.4 Å². The largest absolute Gasteiger partial charge is 1.00 e. The van der Waals surface area contributed by atoms with E-state index < -0.39 is 23.9 Å². The first kappa shape index (κ1) is 24.2. The van der Waals surface area contributed by atoms with Crippen LogP contribution in [0.3, 0.4) is 0 Å². The molecule has 0 aromatic carbocycles. The second-order valence-electron chi connectivity index (χ2n) is 5.96. The summed E-state index contributed by atoms with van der Waals surface area (Å²) in [6.45, 7) is 2.21. The number of aliphatic carboxylic acids is 2. The third-order valence-electron chi connectivity index (χ3n) is 3.87. The molecule has 22 heavy (non-hydrogen) atoms. The summed E-state index contributed by atoms with van der Waals surface area (Å²) >= 11 is 0. The number of unbranched alkanes of at least 4 members (excludes halogenated alkanes) is 9. The molecule has 1 atom stereocenters. The molecule has 0 heterocycles. The van der Waals surface area contributed by atoms with Crippen LogP contribution in [0.5, 0.6) is 0 Å². The molecule has 0 aliphatic rings. The second kappa shape index (κ2) is 14.5. The van der Waals surface area contributed by atoms with E-state index in [0.717, 1.165) is 19.3 Å². The maximum Gasteiger partial charge on any atom is 1.00 e. The van der Waals surface area contributed by atoms with Gasteiger partial charge in [0.05, 0.1) is 6.42 Å². The fourth-order valence-electron chi connectivity index (χ4n) is 2.47. The normalized spacial score (nSPS) is 13.2. The van der Waals surface area contributed by atoms with Crippen molar-refractivity contribution in [1.29, 1.82) is 0 Å². The standard InChI is InChI=1S/C16H31NO4.Na.H/c1-2-3-4-5-6-7-8-9-10-11-12-16(17,15(20)21)13-14(18)19;;/h2-13,17H2,1H3,(H,18,19)(H,20,21);;/q;+1;-1. The first-order valence-electron chi connectivity index (χ1n) is 8.16. The van der Waals surface area contributed by atoms with Crippen molar-refractivity contribution >= 4 is 11.9 Å². The van der Waals surface area contributed by atoms with Crippen LogP contribution >= 0.6 is 0 Å². The molecule has 0 amide bonds. The predicted octanol–water partition coefficient (Wildman–Crippen LogP) is 0.671. The second-order valence-corrected chi connectivity index (χ2v) is 5.96. The maximum atomic E-state index is 11.1. The molecule has 1 unspecified atom stereocenters. The molecule has 0 aromatic heterocycles. The molecule has 0 fully saturated rings. The number of rotatable bonds is 14. The van der Waals surface area contributed by atoms with Crippen molar-refractivity contribution in [3.05, 3.63) is 0 Å². The minimum atomic E-state index is -1.62. The molecule has 0 saturated heterocycles. The van der Waals surface area contributed by atoms with Crippen LogP contribution in [0, 0.1) is 0 Å². The maximum absolute atomic E-state index is 11.1. The number of nitrogens with two attached hydrogens (primary N) is 1. The predicted molar refractivity (Wildman–Crippen MR) is 84.4 cm³/mol. The van der Waals surface area contributed by atoms with Gasteiger partial charge in [0.1, 0.15) is 5.54 Å². The summed E-state index contributed by atoms with van der Waals surface area (Å²) in [6, 6.07) is 0. The Balaban J connectivity index is -0.00000200. The zero-order valence-electron chi connectivity index (χ0n) is 15.3. The average molecular weight is 325 g/mol. The van der Waals surface area contributed by atoms with E-state index in [9.17, 15) is 9.59 Å². The minimum Gasteiger partial charge on any atom is -1.00 e. The fourth-order valence-corrected chi connectivity index (χ4v) is 2.47. The molecule has 0 aliphatic carbocycles. The molecule has 0 aliphatic heterocycles. The van der Waals surface area contributed by atoms with Crippen molar-refractivity contribution in [3.63, 3.8) is 0 Å². The van der Waals surface area contributed by atoms with Gasteiger partial charge in [-0.1, -0.05) is 71.1 Å². The zero-order chi connectivity index (χ0) is 16.1. The Morgan fingerprint density at radius 2 is 1.32 bits per heavy atom. The SMILES string of the molecule is CCCCCCCCCCCCC(N)(CC(=O)O)C(=O)O.[H-].[Na+]. The third-order valence-corrected chi connectivity index (χ3v) is 3.87. The zero-order valence-corrected chi connectivity index (χ0v) is 16.3. The first-order valence-corrected chi connectivity index (χ1v) is 8.16. The quantitative estimate of drug-likeness (QED) is 0.322. The van der Waals surface area contributed by atoms with Gasteiger partial charge in [-0.25, -0.2) is 0 Å². The molecule has 0 spiro atoms. The third kappa shape index (κ3) is 12.4. The van der Waals surface area contributed by atoms with Crippen LogP contribution in [-0.4, -0.2) is 27.7 Å². The molecule has 0 radical (unpaired) electrons. The number of carbonyl (C=O) groups is 2. The molecule has 0 saturated carbocycles. The van der Waals surface area contributed by atoms with Crippen LogP contribution in [0.25, 0.3) is 0 Å². The van der Waals surface area contributed by atoms with E-state index >= 15 is 0 Å². The summed E-state index contributed by atoms with van der Waals surface area (Å²) in [5, 5.41) is 17.8. The van der Waals surface area contributed by atoms with Gasteiger partial charge < -0.3 is 17.4 Å². The van der Waals surface area contributed by atoms with E-state index in [1.807, 2.05) is 0 Å². The summed E-state index contributed by atoms with van der Waals surface area (Å²) in [6.07, 6.45) is 11.2. The van der Waals surface area contributed by atoms with Crippen molar-refractivity contribution in [3.8, 4) is 0 Å². The molecule has 0 bridgehead atoms. The molecule has 0 aromatic rings. The molecular formula is C16H32NNaO4. The van der Waals surface area contributed by atoms with Gasteiger partial charge in [0, 0.05) is 0 Å². The molecule has 126 valence electrons. The van der Waals surface area contributed by atoms with Crippen LogP contribution in [0.4, 0.5) is 0 Å². The average Bonchev–Trinajstić information content (AvgIpc) is 2.40. The van der Waals surface area contributed by atoms with Gasteiger partial charge in [0.25, 0.3) is 0 Å². The van der Waals surface area contributed by atoms with Crippen LogP contribution in [0.15, 0.2) is 0 Å². The number of carboxylic acid groups (broad SMARTS) is 2. The topological polar surface area (TPSA) is 101 Å². The first-order chi connectivity index (χ1) is 9.92. The molecule has 0 rings (SSSR count). The minimum absolute atomic E-state index is 0. The Bertz CT molecular complexity index is 318. The van der Waals surface area contributed by atoms with E-state index in [4.69, 9.17) is 15.9 Å². The summed E-state index contributed by atoms with van der Waals surface area (Å²) in [5.41, 5.74) is 4.05. The number of carboxylic acids is 2. The molecule has 6 heteroatoms. The van der Waals surface area contributed by atoms with Crippen molar-refractivity contribution < 1.29 is 50.8 Å². The van der Waals surface area contributed by atoms with Gasteiger partial charge in [-0.15, -0.1) is 0 Å². The van der Waals surface area contributed by atoms with Gasteiger partial charge in [-0.05, 0) is 6.42 Å². The summed E-state index contributed by atoms with van der Waals surface area (Å²) in [4.78, 5) is 21.7. The Morgan fingerprint density at radius 1 is 0.909 bits per heavy atom. The van der Waals surface area contributed by atoms with Gasteiger partial charge in [-0.3, -0.25) is 9.59 Å². The van der Waals surface area contributed by atoms with Crippen molar-refractivity contribution in [1.82, 2.24) is 0 Å². The van der Waals surface area contributed by atoms with Crippen LogP contribution in [-0.2, 0) is 9.59 Å². The van der Waals surface area contributed by atoms with Crippen molar-refractivity contribution in [2.45, 2.75) is 89.5 Å².